The molecule has 0 aromatic heterocycles. The Morgan fingerprint density at radius 3 is 2.47 bits per heavy atom. The van der Waals surface area contributed by atoms with Gasteiger partial charge in [0.15, 0.2) is 0 Å². The summed E-state index contributed by atoms with van der Waals surface area (Å²) >= 11 is 12.4. The summed E-state index contributed by atoms with van der Waals surface area (Å²) in [6.07, 6.45) is 0. The maximum absolute atomic E-state index is 11.4. The number of hydrogen-bond acceptors (Lipinski definition) is 3. The molecule has 3 nitrogen and oxygen atoms in total. The summed E-state index contributed by atoms with van der Waals surface area (Å²) in [4.78, 5) is 11.4. The van der Waals surface area contributed by atoms with Crippen LogP contribution in [0, 0.1) is 0 Å². The lowest BCUT2D eigenvalue weighted by Crippen LogP contribution is -2.04. The number of rotatable bonds is 2. The van der Waals surface area contributed by atoms with Crippen LogP contribution in [0.25, 0.3) is 0 Å². The van der Waals surface area contributed by atoms with Crippen LogP contribution in [0.15, 0.2) is 15.0 Å². The van der Waals surface area contributed by atoms with Crippen molar-refractivity contribution in [3.63, 3.8) is 0 Å². The summed E-state index contributed by atoms with van der Waals surface area (Å²) in [5.74, 6) is -0.0162. The fourth-order valence-electron chi connectivity index (χ4n) is 1.05. The van der Waals surface area contributed by atoms with E-state index < -0.39 is 5.97 Å². The van der Waals surface area contributed by atoms with Crippen molar-refractivity contribution in [2.24, 2.45) is 0 Å². The van der Waals surface area contributed by atoms with Gasteiger partial charge in [-0.05, 0) is 37.9 Å². The Morgan fingerprint density at radius 2 is 2.00 bits per heavy atom. The van der Waals surface area contributed by atoms with Crippen molar-refractivity contribution < 1.29 is 14.3 Å². The molecule has 0 spiro atoms. The summed E-state index contributed by atoms with van der Waals surface area (Å²) < 4.78 is 10.8. The van der Waals surface area contributed by atoms with Gasteiger partial charge in [0, 0.05) is 0 Å². The standard InChI is InChI=1S/C9H7Br2ClO3/c1-14-8-4(10)3-5(12)6(7(8)11)9(13)15-2/h3H,1-2H3. The summed E-state index contributed by atoms with van der Waals surface area (Å²) in [6, 6.07) is 1.58. The smallest absolute Gasteiger partial charge is 0.340 e. The number of carbonyl (C=O) groups is 1. The van der Waals surface area contributed by atoms with E-state index in [4.69, 9.17) is 16.3 Å². The van der Waals surface area contributed by atoms with E-state index in [0.29, 0.717) is 19.7 Å². The van der Waals surface area contributed by atoms with Crippen LogP contribution in [0.2, 0.25) is 5.02 Å². The first kappa shape index (κ1) is 12.8. The van der Waals surface area contributed by atoms with E-state index in [1.165, 1.54) is 14.2 Å². The molecule has 0 bridgehead atoms. The van der Waals surface area contributed by atoms with Crippen LogP contribution in [0.1, 0.15) is 10.4 Å². The lowest BCUT2D eigenvalue weighted by atomic mass is 10.2. The molecule has 0 amide bonds. The van der Waals surface area contributed by atoms with Gasteiger partial charge in [-0.25, -0.2) is 4.79 Å². The summed E-state index contributed by atoms with van der Waals surface area (Å²) in [6.45, 7) is 0. The van der Waals surface area contributed by atoms with Gasteiger partial charge in [0.25, 0.3) is 0 Å². The van der Waals surface area contributed by atoms with Crippen molar-refractivity contribution in [1.82, 2.24) is 0 Å². The van der Waals surface area contributed by atoms with E-state index in [-0.39, 0.29) is 5.56 Å². The van der Waals surface area contributed by atoms with Crippen molar-refractivity contribution in [1.29, 1.82) is 0 Å². The lowest BCUT2D eigenvalue weighted by molar-refractivity contribution is 0.0599. The zero-order valence-corrected chi connectivity index (χ0v) is 11.9. The molecule has 0 atom stereocenters. The highest BCUT2D eigenvalue weighted by Gasteiger charge is 2.21. The molecule has 1 aromatic carbocycles. The zero-order valence-electron chi connectivity index (χ0n) is 7.94. The van der Waals surface area contributed by atoms with Crippen LogP contribution in [0.4, 0.5) is 0 Å². The minimum absolute atomic E-state index is 0.249. The fourth-order valence-corrected chi connectivity index (χ4v) is 3.18. The van der Waals surface area contributed by atoms with E-state index in [1.807, 2.05) is 0 Å². The fraction of sp³-hybridized carbons (Fsp3) is 0.222. The largest absolute Gasteiger partial charge is 0.494 e. The molecule has 0 saturated carbocycles. The van der Waals surface area contributed by atoms with Crippen LogP contribution in [-0.2, 0) is 4.74 Å². The second-order valence-corrected chi connectivity index (χ2v) is 4.61. The van der Waals surface area contributed by atoms with E-state index in [9.17, 15) is 4.79 Å². The first-order valence-corrected chi connectivity index (χ1v) is 5.79. The number of benzene rings is 1. The third-order valence-corrected chi connectivity index (χ3v) is 3.37. The van der Waals surface area contributed by atoms with Crippen molar-refractivity contribution in [3.05, 3.63) is 25.6 Å². The van der Waals surface area contributed by atoms with Gasteiger partial charge in [-0.2, -0.15) is 0 Å². The lowest BCUT2D eigenvalue weighted by Gasteiger charge is -2.11. The average Bonchev–Trinajstić information content (AvgIpc) is 2.17. The number of esters is 1. The first-order valence-electron chi connectivity index (χ1n) is 3.82. The first-order chi connectivity index (χ1) is 7.02. The highest BCUT2D eigenvalue weighted by atomic mass is 79.9. The van der Waals surface area contributed by atoms with Crippen LogP contribution in [0.3, 0.4) is 0 Å². The highest BCUT2D eigenvalue weighted by molar-refractivity contribution is 9.11. The molecule has 1 rings (SSSR count). The summed E-state index contributed by atoms with van der Waals surface area (Å²) in [5, 5.41) is 0.293. The normalized spacial score (nSPS) is 9.93. The number of carbonyl (C=O) groups excluding carboxylic acids is 1. The Bertz CT molecular complexity index is 407. The third kappa shape index (κ3) is 2.46. The van der Waals surface area contributed by atoms with Crippen LogP contribution < -0.4 is 4.74 Å². The van der Waals surface area contributed by atoms with Gasteiger partial charge in [-0.3, -0.25) is 0 Å². The van der Waals surface area contributed by atoms with Gasteiger partial charge in [-0.1, -0.05) is 11.6 Å². The maximum Gasteiger partial charge on any atom is 0.340 e. The molecule has 0 heterocycles. The predicted octanol–water partition coefficient (Wildman–Crippen LogP) is 3.66. The molecular weight excluding hydrogens is 351 g/mol. The molecule has 0 saturated heterocycles. The average molecular weight is 358 g/mol. The molecule has 1 aromatic rings. The van der Waals surface area contributed by atoms with Gasteiger partial charge >= 0.3 is 5.97 Å². The number of hydrogen-bond donors (Lipinski definition) is 0. The summed E-state index contributed by atoms with van der Waals surface area (Å²) in [5.41, 5.74) is 0.249. The number of halogens is 3. The van der Waals surface area contributed by atoms with Crippen molar-refractivity contribution in [2.75, 3.05) is 14.2 Å². The van der Waals surface area contributed by atoms with E-state index in [1.54, 1.807) is 6.07 Å². The van der Waals surface area contributed by atoms with Gasteiger partial charge in [0.1, 0.15) is 5.75 Å². The molecule has 0 fully saturated rings. The van der Waals surface area contributed by atoms with Crippen LogP contribution in [0.5, 0.6) is 5.75 Å². The molecule has 0 N–H and O–H groups in total. The molecule has 82 valence electrons. The van der Waals surface area contributed by atoms with E-state index in [0.717, 1.165) is 0 Å². The molecule has 0 aliphatic carbocycles. The molecule has 0 unspecified atom stereocenters. The minimum atomic E-state index is -0.516. The quantitative estimate of drug-likeness (QED) is 0.757. The second kappa shape index (κ2) is 5.18. The Labute approximate surface area is 109 Å². The Balaban J connectivity index is 3.45. The number of methoxy groups -OCH3 is 2. The van der Waals surface area contributed by atoms with Gasteiger partial charge in [0.2, 0.25) is 0 Å². The van der Waals surface area contributed by atoms with Crippen molar-refractivity contribution in [3.8, 4) is 5.75 Å². The van der Waals surface area contributed by atoms with Crippen molar-refractivity contribution in [2.45, 2.75) is 0 Å². The van der Waals surface area contributed by atoms with Gasteiger partial charge in [0.05, 0.1) is 33.8 Å². The molecular formula is C9H7Br2ClO3. The predicted molar refractivity (Wildman–Crippen MR) is 64.7 cm³/mol. The monoisotopic (exact) mass is 356 g/mol. The van der Waals surface area contributed by atoms with Gasteiger partial charge in [-0.15, -0.1) is 0 Å². The van der Waals surface area contributed by atoms with Crippen molar-refractivity contribution >= 4 is 49.4 Å². The van der Waals surface area contributed by atoms with Crippen LogP contribution >= 0.6 is 43.5 Å². The third-order valence-electron chi connectivity index (χ3n) is 1.72. The van der Waals surface area contributed by atoms with E-state index >= 15 is 0 Å². The SMILES string of the molecule is COC(=O)c1c(Cl)cc(Br)c(OC)c1Br. The molecule has 0 radical (unpaired) electrons. The zero-order chi connectivity index (χ0) is 11.6. The van der Waals surface area contributed by atoms with E-state index in [2.05, 4.69) is 36.6 Å². The number of ether oxygens (including phenoxy) is 2. The van der Waals surface area contributed by atoms with Gasteiger partial charge < -0.3 is 9.47 Å². The Morgan fingerprint density at radius 1 is 1.40 bits per heavy atom. The Hall–Kier alpha value is -0.260. The molecule has 0 aliphatic heterocycles. The molecule has 6 heteroatoms. The molecule has 0 aliphatic rings. The Kier molecular flexibility index (Phi) is 4.43. The molecule has 15 heavy (non-hydrogen) atoms. The highest BCUT2D eigenvalue weighted by Crippen LogP contribution is 2.40. The topological polar surface area (TPSA) is 35.5 Å². The minimum Gasteiger partial charge on any atom is -0.494 e. The summed E-state index contributed by atoms with van der Waals surface area (Å²) in [7, 11) is 2.79. The van der Waals surface area contributed by atoms with Crippen LogP contribution in [-0.4, -0.2) is 20.2 Å². The second-order valence-electron chi connectivity index (χ2n) is 2.55. The maximum atomic E-state index is 11.4.